The molecular weight excluding hydrogens is 432 g/mol. The molecule has 0 spiro atoms. The van der Waals surface area contributed by atoms with Gasteiger partial charge < -0.3 is 0 Å². The molecule has 0 saturated heterocycles. The normalized spacial score (nSPS) is 11.3. The Morgan fingerprint density at radius 3 is 1.14 bits per heavy atom. The predicted molar refractivity (Wildman–Crippen MR) is 157 cm³/mol. The van der Waals surface area contributed by atoms with Crippen LogP contribution in [0.3, 0.4) is 0 Å². The summed E-state index contributed by atoms with van der Waals surface area (Å²) in [5, 5.41) is 5.23. The van der Waals surface area contributed by atoms with Gasteiger partial charge in [-0.2, -0.15) is 0 Å². The largest absolute Gasteiger partial charge is 0.0622 e. The quantitative estimate of drug-likeness (QED) is 0.245. The molecule has 0 unspecified atom stereocenters. The number of rotatable bonds is 3. The highest BCUT2D eigenvalue weighted by Gasteiger charge is 2.17. The van der Waals surface area contributed by atoms with E-state index in [2.05, 4.69) is 137 Å². The Morgan fingerprint density at radius 1 is 0.361 bits per heavy atom. The summed E-state index contributed by atoms with van der Waals surface area (Å²) in [5.74, 6) is 0. The van der Waals surface area contributed by atoms with E-state index in [0.717, 1.165) is 0 Å². The summed E-state index contributed by atoms with van der Waals surface area (Å²) in [6, 6.07) is 39.9. The second kappa shape index (κ2) is 8.81. The maximum Gasteiger partial charge on any atom is -0.00645 e. The van der Waals surface area contributed by atoms with Gasteiger partial charge in [0.05, 0.1) is 0 Å². The van der Waals surface area contributed by atoms with Crippen LogP contribution in [0.4, 0.5) is 0 Å². The van der Waals surface area contributed by atoms with Crippen molar-refractivity contribution in [3.8, 4) is 33.4 Å². The Hall–Kier alpha value is -4.16. The Bertz CT molecular complexity index is 1610. The fourth-order valence-electron chi connectivity index (χ4n) is 5.57. The highest BCUT2D eigenvalue weighted by Crippen LogP contribution is 2.42. The van der Waals surface area contributed by atoms with E-state index in [9.17, 15) is 0 Å². The summed E-state index contributed by atoms with van der Waals surface area (Å²) >= 11 is 0. The third kappa shape index (κ3) is 3.71. The van der Waals surface area contributed by atoms with Gasteiger partial charge in [0, 0.05) is 0 Å². The lowest BCUT2D eigenvalue weighted by Crippen LogP contribution is -1.96. The zero-order valence-electron chi connectivity index (χ0n) is 21.4. The molecule has 0 radical (unpaired) electrons. The fraction of sp³-hybridized carbons (Fsp3) is 0.111. The molecular formula is C36H30. The zero-order valence-corrected chi connectivity index (χ0v) is 21.4. The van der Waals surface area contributed by atoms with E-state index < -0.39 is 0 Å². The van der Waals surface area contributed by atoms with Crippen molar-refractivity contribution >= 4 is 21.5 Å². The van der Waals surface area contributed by atoms with Gasteiger partial charge in [0.15, 0.2) is 0 Å². The number of fused-ring (bicyclic) bond motifs is 2. The maximum absolute atomic E-state index is 2.35. The van der Waals surface area contributed by atoms with Gasteiger partial charge in [-0.05, 0) is 117 Å². The highest BCUT2D eigenvalue weighted by molar-refractivity contribution is 6.09. The van der Waals surface area contributed by atoms with Crippen LogP contribution in [0.1, 0.15) is 22.3 Å². The highest BCUT2D eigenvalue weighted by atomic mass is 14.2. The Morgan fingerprint density at radius 2 is 0.750 bits per heavy atom. The van der Waals surface area contributed by atoms with Crippen molar-refractivity contribution < 1.29 is 0 Å². The van der Waals surface area contributed by atoms with Crippen molar-refractivity contribution in [1.82, 2.24) is 0 Å². The molecule has 0 nitrogen and oxygen atoms in total. The topological polar surface area (TPSA) is 0 Å². The van der Waals surface area contributed by atoms with Crippen molar-refractivity contribution in [3.05, 3.63) is 131 Å². The first-order chi connectivity index (χ1) is 17.5. The average Bonchev–Trinajstić information content (AvgIpc) is 2.91. The SMILES string of the molecule is Cc1cc2cc(-c3ccccc3)ccc2c(-c2c(C)c(C)cc3cc(-c4ccccc4)ccc23)c1C. The van der Waals surface area contributed by atoms with Crippen molar-refractivity contribution in [1.29, 1.82) is 0 Å². The zero-order chi connectivity index (χ0) is 24.8. The van der Waals surface area contributed by atoms with Crippen molar-refractivity contribution in [2.75, 3.05) is 0 Å². The van der Waals surface area contributed by atoms with Gasteiger partial charge >= 0.3 is 0 Å². The lowest BCUT2D eigenvalue weighted by Gasteiger charge is -2.20. The molecule has 36 heavy (non-hydrogen) atoms. The van der Waals surface area contributed by atoms with E-state index in [4.69, 9.17) is 0 Å². The van der Waals surface area contributed by atoms with Gasteiger partial charge in [-0.3, -0.25) is 0 Å². The molecule has 6 aromatic carbocycles. The van der Waals surface area contributed by atoms with E-state index in [-0.39, 0.29) is 0 Å². The van der Waals surface area contributed by atoms with Gasteiger partial charge in [0.25, 0.3) is 0 Å². The molecule has 6 aromatic rings. The van der Waals surface area contributed by atoms with Crippen LogP contribution < -0.4 is 0 Å². The first-order valence-corrected chi connectivity index (χ1v) is 12.7. The van der Waals surface area contributed by atoms with Crippen LogP contribution >= 0.6 is 0 Å². The molecule has 0 aromatic heterocycles. The van der Waals surface area contributed by atoms with E-state index >= 15 is 0 Å². The Kier molecular flexibility index (Phi) is 5.46. The Balaban J connectivity index is 1.63. The first kappa shape index (κ1) is 22.3. The molecule has 0 saturated carbocycles. The summed E-state index contributed by atoms with van der Waals surface area (Å²) in [6.07, 6.45) is 0. The minimum Gasteiger partial charge on any atom is -0.0622 e. The lowest BCUT2D eigenvalue weighted by molar-refractivity contribution is 1.33. The van der Waals surface area contributed by atoms with E-state index in [1.165, 1.54) is 77.2 Å². The molecule has 0 aliphatic heterocycles. The van der Waals surface area contributed by atoms with Gasteiger partial charge in [0.1, 0.15) is 0 Å². The monoisotopic (exact) mass is 462 g/mol. The standard InChI is InChI=1S/C36H30/c1-23-19-31-21-29(27-11-7-5-8-12-27)15-17-33(31)35(25(23)3)36-26(4)24(2)20-32-22-30(16-18-34(32)36)28-13-9-6-10-14-28/h5-22H,1-4H3. The molecule has 0 fully saturated rings. The second-order valence-electron chi connectivity index (χ2n) is 9.99. The summed E-state index contributed by atoms with van der Waals surface area (Å²) in [4.78, 5) is 0. The summed E-state index contributed by atoms with van der Waals surface area (Å²) in [6.45, 7) is 9.05. The molecule has 0 heteroatoms. The third-order valence-electron chi connectivity index (χ3n) is 7.78. The van der Waals surface area contributed by atoms with Gasteiger partial charge in [-0.1, -0.05) is 97.1 Å². The lowest BCUT2D eigenvalue weighted by atomic mass is 9.83. The molecule has 0 amide bonds. The number of benzene rings is 6. The van der Waals surface area contributed by atoms with Crippen LogP contribution in [0.2, 0.25) is 0 Å². The van der Waals surface area contributed by atoms with Crippen LogP contribution in [0.25, 0.3) is 54.9 Å². The Labute approximate surface area is 213 Å². The van der Waals surface area contributed by atoms with Gasteiger partial charge in [0.2, 0.25) is 0 Å². The molecule has 0 aliphatic carbocycles. The molecule has 6 rings (SSSR count). The number of hydrogen-bond donors (Lipinski definition) is 0. The van der Waals surface area contributed by atoms with Crippen LogP contribution in [0, 0.1) is 27.7 Å². The summed E-state index contributed by atoms with van der Waals surface area (Å²) in [7, 11) is 0. The maximum atomic E-state index is 2.35. The van der Waals surface area contributed by atoms with Crippen molar-refractivity contribution in [2.24, 2.45) is 0 Å². The molecule has 0 N–H and O–H groups in total. The molecule has 0 atom stereocenters. The second-order valence-corrected chi connectivity index (χ2v) is 9.99. The molecule has 0 bridgehead atoms. The summed E-state index contributed by atoms with van der Waals surface area (Å²) < 4.78 is 0. The first-order valence-electron chi connectivity index (χ1n) is 12.7. The molecule has 0 aliphatic rings. The average molecular weight is 463 g/mol. The van der Waals surface area contributed by atoms with Crippen molar-refractivity contribution in [3.63, 3.8) is 0 Å². The summed E-state index contributed by atoms with van der Waals surface area (Å²) in [5.41, 5.74) is 13.1. The molecule has 174 valence electrons. The number of hydrogen-bond acceptors (Lipinski definition) is 0. The van der Waals surface area contributed by atoms with E-state index in [1.54, 1.807) is 0 Å². The number of aryl methyl sites for hydroxylation is 2. The minimum absolute atomic E-state index is 1.25. The third-order valence-corrected chi connectivity index (χ3v) is 7.78. The predicted octanol–water partition coefficient (Wildman–Crippen LogP) is 10.2. The van der Waals surface area contributed by atoms with Gasteiger partial charge in [-0.25, -0.2) is 0 Å². The minimum atomic E-state index is 1.25. The smallest absolute Gasteiger partial charge is 0.00645 e. The van der Waals surface area contributed by atoms with Crippen LogP contribution in [0.15, 0.2) is 109 Å². The molecule has 0 heterocycles. The van der Waals surface area contributed by atoms with Crippen molar-refractivity contribution in [2.45, 2.75) is 27.7 Å². The fourth-order valence-corrected chi connectivity index (χ4v) is 5.57. The van der Waals surface area contributed by atoms with Crippen LogP contribution in [-0.4, -0.2) is 0 Å². The van der Waals surface area contributed by atoms with Crippen LogP contribution in [0.5, 0.6) is 0 Å². The van der Waals surface area contributed by atoms with Crippen LogP contribution in [-0.2, 0) is 0 Å². The van der Waals surface area contributed by atoms with E-state index in [0.29, 0.717) is 0 Å². The van der Waals surface area contributed by atoms with E-state index in [1.807, 2.05) is 0 Å². The van der Waals surface area contributed by atoms with Gasteiger partial charge in [-0.15, -0.1) is 0 Å².